The molecule has 33 heavy (non-hydrogen) atoms. The van der Waals surface area contributed by atoms with Gasteiger partial charge >= 0.3 is 12.4 Å². The third kappa shape index (κ3) is 4.44. The molecule has 1 aliphatic rings. The number of fused-ring (bicyclic) bond motifs is 1. The van der Waals surface area contributed by atoms with E-state index in [0.717, 1.165) is 15.2 Å². The second-order valence-electron chi connectivity index (χ2n) is 7.07. The summed E-state index contributed by atoms with van der Waals surface area (Å²) in [5.74, 6) is -1.40. The standard InChI is InChI=1S/C15H13F7N8O2S/c16-8-3-25-29(7-5-28(6-7)33(23,31)32)9(8)4-24-12-1-10(14(17,18)19)26-13-2-11(15(20,21)22)27-30(12)13/h1-3,7,24H,4-6H2,(H2,23,31,32). The summed E-state index contributed by atoms with van der Waals surface area (Å²) in [7, 11) is -3.96. The number of aromatic nitrogens is 5. The van der Waals surface area contributed by atoms with Gasteiger partial charge in [-0.05, 0) is 0 Å². The Balaban J connectivity index is 1.65. The number of nitrogens with zero attached hydrogens (tertiary/aromatic N) is 6. The topological polar surface area (TPSA) is 123 Å². The molecule has 0 saturated carbocycles. The van der Waals surface area contributed by atoms with Crippen molar-refractivity contribution in [2.24, 2.45) is 5.14 Å². The van der Waals surface area contributed by atoms with Gasteiger partial charge in [-0.2, -0.15) is 53.8 Å². The maximum atomic E-state index is 14.3. The molecule has 1 aliphatic heterocycles. The van der Waals surface area contributed by atoms with Crippen LogP contribution in [0.1, 0.15) is 23.1 Å². The lowest BCUT2D eigenvalue weighted by atomic mass is 10.2. The summed E-state index contributed by atoms with van der Waals surface area (Å²) in [6.45, 7) is -0.729. The number of nitrogens with one attached hydrogen (secondary N) is 1. The molecule has 10 nitrogen and oxygen atoms in total. The number of anilines is 1. The van der Waals surface area contributed by atoms with Crippen LogP contribution in [0.25, 0.3) is 5.65 Å². The third-order valence-corrected chi connectivity index (χ3v) is 5.85. The van der Waals surface area contributed by atoms with Crippen molar-refractivity contribution in [1.82, 2.24) is 28.7 Å². The van der Waals surface area contributed by atoms with Crippen molar-refractivity contribution in [3.8, 4) is 0 Å². The van der Waals surface area contributed by atoms with Crippen LogP contribution in [0.3, 0.4) is 0 Å². The molecular formula is C15H13F7N8O2S. The summed E-state index contributed by atoms with van der Waals surface area (Å²) in [5.41, 5.74) is -3.85. The van der Waals surface area contributed by atoms with Gasteiger partial charge < -0.3 is 5.32 Å². The zero-order valence-corrected chi connectivity index (χ0v) is 16.9. The molecule has 180 valence electrons. The van der Waals surface area contributed by atoms with E-state index in [0.29, 0.717) is 16.6 Å². The van der Waals surface area contributed by atoms with Gasteiger partial charge in [0.05, 0.1) is 24.5 Å². The van der Waals surface area contributed by atoms with Gasteiger partial charge in [-0.1, -0.05) is 0 Å². The fourth-order valence-corrected chi connectivity index (χ4v) is 3.94. The molecule has 0 aliphatic carbocycles. The number of nitrogens with two attached hydrogens (primary N) is 1. The van der Waals surface area contributed by atoms with Crippen LogP contribution in [0.15, 0.2) is 18.3 Å². The zero-order valence-electron chi connectivity index (χ0n) is 16.1. The molecule has 1 fully saturated rings. The van der Waals surface area contributed by atoms with Crippen molar-refractivity contribution in [2.75, 3.05) is 18.4 Å². The minimum atomic E-state index is -4.98. The Morgan fingerprint density at radius 3 is 2.30 bits per heavy atom. The van der Waals surface area contributed by atoms with Crippen LogP contribution in [0.5, 0.6) is 0 Å². The summed E-state index contributed by atoms with van der Waals surface area (Å²) in [6.07, 6.45) is -9.10. The number of hydrogen-bond donors (Lipinski definition) is 2. The van der Waals surface area contributed by atoms with Crippen LogP contribution >= 0.6 is 0 Å². The van der Waals surface area contributed by atoms with Crippen molar-refractivity contribution >= 4 is 21.7 Å². The fourth-order valence-electron chi connectivity index (χ4n) is 3.18. The van der Waals surface area contributed by atoms with E-state index in [1.54, 1.807) is 0 Å². The molecule has 0 unspecified atom stereocenters. The molecule has 0 spiro atoms. The lowest BCUT2D eigenvalue weighted by Crippen LogP contribution is -2.53. The molecule has 0 atom stereocenters. The monoisotopic (exact) mass is 502 g/mol. The number of rotatable bonds is 5. The number of alkyl halides is 6. The highest BCUT2D eigenvalue weighted by atomic mass is 32.2. The lowest BCUT2D eigenvalue weighted by molar-refractivity contribution is -0.142. The quantitative estimate of drug-likeness (QED) is 0.513. The van der Waals surface area contributed by atoms with Crippen LogP contribution in [-0.2, 0) is 29.1 Å². The van der Waals surface area contributed by atoms with Gasteiger partial charge in [-0.3, -0.25) is 4.68 Å². The van der Waals surface area contributed by atoms with Crippen molar-refractivity contribution in [3.05, 3.63) is 41.2 Å². The molecule has 3 aromatic heterocycles. The molecule has 0 bridgehead atoms. The smallest absolute Gasteiger partial charge is 0.364 e. The maximum absolute atomic E-state index is 14.3. The molecule has 0 aromatic carbocycles. The fraction of sp³-hybridized carbons (Fsp3) is 0.400. The second kappa shape index (κ2) is 7.52. The largest absolute Gasteiger partial charge is 0.435 e. The maximum Gasteiger partial charge on any atom is 0.435 e. The molecule has 4 rings (SSSR count). The van der Waals surface area contributed by atoms with E-state index >= 15 is 0 Å². The van der Waals surface area contributed by atoms with E-state index in [-0.39, 0.29) is 18.8 Å². The van der Waals surface area contributed by atoms with E-state index in [2.05, 4.69) is 20.5 Å². The highest BCUT2D eigenvalue weighted by Crippen LogP contribution is 2.33. The average molecular weight is 502 g/mol. The predicted octanol–water partition coefficient (Wildman–Crippen LogP) is 1.77. The summed E-state index contributed by atoms with van der Waals surface area (Å²) in [4.78, 5) is 3.17. The molecular weight excluding hydrogens is 489 g/mol. The normalized spacial score (nSPS) is 16.4. The summed E-state index contributed by atoms with van der Waals surface area (Å²) in [5, 5.41) is 14.5. The van der Waals surface area contributed by atoms with Crippen molar-refractivity contribution in [3.63, 3.8) is 0 Å². The first-order chi connectivity index (χ1) is 15.1. The minimum absolute atomic E-state index is 0.112. The van der Waals surface area contributed by atoms with Gasteiger partial charge in [0.25, 0.3) is 10.2 Å². The highest BCUT2D eigenvalue weighted by Gasteiger charge is 2.38. The van der Waals surface area contributed by atoms with Crippen molar-refractivity contribution in [1.29, 1.82) is 0 Å². The van der Waals surface area contributed by atoms with Crippen molar-refractivity contribution in [2.45, 2.75) is 24.9 Å². The van der Waals surface area contributed by atoms with Crippen LogP contribution in [0, 0.1) is 5.82 Å². The van der Waals surface area contributed by atoms with Crippen LogP contribution in [-0.4, -0.2) is 50.2 Å². The molecule has 18 heteroatoms. The Kier molecular flexibility index (Phi) is 5.28. The van der Waals surface area contributed by atoms with E-state index in [1.165, 1.54) is 0 Å². The van der Waals surface area contributed by atoms with E-state index in [9.17, 15) is 39.2 Å². The summed E-state index contributed by atoms with van der Waals surface area (Å²) >= 11 is 0. The SMILES string of the molecule is NS(=O)(=O)N1CC(n2ncc(F)c2CNc2cc(C(F)(F)F)nc3cc(C(F)(F)F)nn23)C1. The minimum Gasteiger partial charge on any atom is -0.364 e. The first-order valence-corrected chi connectivity index (χ1v) is 10.4. The number of halogens is 7. The first kappa shape index (κ1) is 23.2. The lowest BCUT2D eigenvalue weighted by Gasteiger charge is -2.37. The molecule has 0 amide bonds. The van der Waals surface area contributed by atoms with E-state index < -0.39 is 63.8 Å². The Bertz CT molecular complexity index is 1310. The van der Waals surface area contributed by atoms with Gasteiger partial charge in [0.15, 0.2) is 22.9 Å². The average Bonchev–Trinajstić information content (AvgIpc) is 3.20. The van der Waals surface area contributed by atoms with E-state index in [1.807, 2.05) is 0 Å². The van der Waals surface area contributed by atoms with Gasteiger partial charge in [0.1, 0.15) is 5.82 Å². The van der Waals surface area contributed by atoms with Gasteiger partial charge in [0.2, 0.25) is 0 Å². The third-order valence-electron chi connectivity index (χ3n) is 4.83. The molecule has 1 saturated heterocycles. The Labute approximate surface area is 180 Å². The van der Waals surface area contributed by atoms with Crippen LogP contribution in [0.2, 0.25) is 0 Å². The Morgan fingerprint density at radius 2 is 1.73 bits per heavy atom. The van der Waals surface area contributed by atoms with Gasteiger partial charge in [0, 0.05) is 25.2 Å². The molecule has 3 N–H and O–H groups in total. The molecule has 4 heterocycles. The van der Waals surface area contributed by atoms with E-state index in [4.69, 9.17) is 5.14 Å². The predicted molar refractivity (Wildman–Crippen MR) is 96.2 cm³/mol. The summed E-state index contributed by atoms with van der Waals surface area (Å²) in [6, 6.07) is 0.182. The molecule has 0 radical (unpaired) electrons. The Hall–Kier alpha value is -2.99. The highest BCUT2D eigenvalue weighted by molar-refractivity contribution is 7.86. The first-order valence-electron chi connectivity index (χ1n) is 8.93. The van der Waals surface area contributed by atoms with Crippen LogP contribution in [0.4, 0.5) is 36.6 Å². The van der Waals surface area contributed by atoms with Gasteiger partial charge in [-0.15, -0.1) is 0 Å². The second-order valence-corrected chi connectivity index (χ2v) is 8.62. The molecule has 3 aromatic rings. The van der Waals surface area contributed by atoms with Gasteiger partial charge in [-0.25, -0.2) is 14.5 Å². The number of hydrogen-bond acceptors (Lipinski definition) is 6. The van der Waals surface area contributed by atoms with Crippen LogP contribution < -0.4 is 10.5 Å². The Morgan fingerprint density at radius 1 is 1.09 bits per heavy atom. The summed E-state index contributed by atoms with van der Waals surface area (Å²) < 4.78 is 118. The van der Waals surface area contributed by atoms with Crippen molar-refractivity contribution < 1.29 is 39.2 Å². The zero-order chi connectivity index (χ0) is 24.3.